The third-order valence-corrected chi connectivity index (χ3v) is 5.25. The Morgan fingerprint density at radius 3 is 2.56 bits per heavy atom. The molecule has 1 aliphatic rings. The van der Waals surface area contributed by atoms with E-state index < -0.39 is 10.0 Å². The molecule has 0 unspecified atom stereocenters. The van der Waals surface area contributed by atoms with Gasteiger partial charge in [-0.2, -0.15) is 0 Å². The van der Waals surface area contributed by atoms with Crippen molar-refractivity contribution in [2.75, 3.05) is 26.8 Å². The Morgan fingerprint density at radius 1 is 1.24 bits per heavy atom. The maximum atomic E-state index is 12.1. The second kappa shape index (κ2) is 9.74. The lowest BCUT2D eigenvalue weighted by Crippen LogP contribution is -2.38. The summed E-state index contributed by atoms with van der Waals surface area (Å²) in [6.07, 6.45) is 2.76. The van der Waals surface area contributed by atoms with Crippen molar-refractivity contribution < 1.29 is 13.2 Å². The van der Waals surface area contributed by atoms with E-state index in [-0.39, 0.29) is 6.04 Å². The van der Waals surface area contributed by atoms with Crippen LogP contribution in [0, 0.1) is 0 Å². The molecule has 0 spiro atoms. The van der Waals surface area contributed by atoms with Gasteiger partial charge >= 0.3 is 0 Å². The fraction of sp³-hybridized carbons (Fsp3) is 0.588. The first-order valence-electron chi connectivity index (χ1n) is 8.67. The summed E-state index contributed by atoms with van der Waals surface area (Å²) in [4.78, 5) is 4.82. The largest absolute Gasteiger partial charge is 0.385 e. The number of hydrogen-bond acceptors (Lipinski definition) is 4. The molecule has 8 heteroatoms. The molecule has 140 valence electrons. The lowest BCUT2D eigenvalue weighted by Gasteiger charge is -2.11. The van der Waals surface area contributed by atoms with Gasteiger partial charge in [0.05, 0.1) is 11.4 Å². The summed E-state index contributed by atoms with van der Waals surface area (Å²) in [6.45, 7) is 4.76. The number of nitrogens with zero attached hydrogens (tertiary/aromatic N) is 1. The Morgan fingerprint density at radius 2 is 1.96 bits per heavy atom. The third kappa shape index (κ3) is 7.01. The number of ether oxygens (including phenoxy) is 1. The van der Waals surface area contributed by atoms with Gasteiger partial charge in [-0.05, 0) is 43.9 Å². The fourth-order valence-corrected chi connectivity index (χ4v) is 3.50. The summed E-state index contributed by atoms with van der Waals surface area (Å²) < 4.78 is 32.0. The maximum absolute atomic E-state index is 12.1. The van der Waals surface area contributed by atoms with Gasteiger partial charge in [-0.1, -0.05) is 12.1 Å². The second-order valence-corrected chi connectivity index (χ2v) is 7.72. The summed E-state index contributed by atoms with van der Waals surface area (Å²) in [7, 11) is -1.71. The van der Waals surface area contributed by atoms with Crippen LogP contribution in [-0.4, -0.2) is 47.2 Å². The minimum atomic E-state index is -3.39. The van der Waals surface area contributed by atoms with E-state index in [1.165, 1.54) is 0 Å². The molecular formula is C17H28N4O3S. The van der Waals surface area contributed by atoms with E-state index in [0.717, 1.165) is 43.9 Å². The van der Waals surface area contributed by atoms with Crippen molar-refractivity contribution in [2.45, 2.75) is 43.7 Å². The van der Waals surface area contributed by atoms with Crippen LogP contribution >= 0.6 is 0 Å². The first-order valence-corrected chi connectivity index (χ1v) is 10.2. The van der Waals surface area contributed by atoms with Gasteiger partial charge in [-0.3, -0.25) is 0 Å². The van der Waals surface area contributed by atoms with Gasteiger partial charge < -0.3 is 15.4 Å². The van der Waals surface area contributed by atoms with Crippen molar-refractivity contribution in [3.05, 3.63) is 29.8 Å². The Balaban J connectivity index is 1.91. The zero-order valence-corrected chi connectivity index (χ0v) is 15.7. The van der Waals surface area contributed by atoms with E-state index in [9.17, 15) is 8.42 Å². The molecule has 1 aromatic carbocycles. The van der Waals surface area contributed by atoms with Crippen LogP contribution in [0.15, 0.2) is 34.2 Å². The first-order chi connectivity index (χ1) is 12.0. The molecule has 25 heavy (non-hydrogen) atoms. The van der Waals surface area contributed by atoms with Gasteiger partial charge in [0.2, 0.25) is 10.0 Å². The molecule has 1 aliphatic carbocycles. The third-order valence-electron chi connectivity index (χ3n) is 3.71. The number of aliphatic imine (C=N–C) groups is 1. The zero-order valence-electron chi connectivity index (χ0n) is 14.9. The number of sulfonamides is 1. The summed E-state index contributed by atoms with van der Waals surface area (Å²) in [5.74, 6) is 0.741. The van der Waals surface area contributed by atoms with Gasteiger partial charge in [0.15, 0.2) is 5.96 Å². The van der Waals surface area contributed by atoms with Crippen LogP contribution in [0.4, 0.5) is 0 Å². The van der Waals surface area contributed by atoms with Gasteiger partial charge in [0.1, 0.15) is 0 Å². The first kappa shape index (κ1) is 19.7. The molecule has 0 radical (unpaired) electrons. The van der Waals surface area contributed by atoms with E-state index >= 15 is 0 Å². The lowest BCUT2D eigenvalue weighted by atomic mass is 10.2. The lowest BCUT2D eigenvalue weighted by molar-refractivity contribution is 0.195. The van der Waals surface area contributed by atoms with Crippen LogP contribution in [-0.2, 0) is 21.3 Å². The molecule has 0 amide bonds. The molecule has 0 bridgehead atoms. The number of rotatable bonds is 10. The number of benzene rings is 1. The zero-order chi connectivity index (χ0) is 18.1. The predicted octanol–water partition coefficient (Wildman–Crippen LogP) is 1.22. The number of methoxy groups -OCH3 is 1. The monoisotopic (exact) mass is 368 g/mol. The van der Waals surface area contributed by atoms with Crippen LogP contribution in [0.5, 0.6) is 0 Å². The highest BCUT2D eigenvalue weighted by atomic mass is 32.2. The van der Waals surface area contributed by atoms with Crippen molar-refractivity contribution in [2.24, 2.45) is 4.99 Å². The summed E-state index contributed by atoms with van der Waals surface area (Å²) >= 11 is 0. The van der Waals surface area contributed by atoms with Gasteiger partial charge in [-0.15, -0.1) is 0 Å². The summed E-state index contributed by atoms with van der Waals surface area (Å²) in [6, 6.07) is 6.99. The average Bonchev–Trinajstić information content (AvgIpc) is 3.40. The molecule has 1 saturated carbocycles. The highest BCUT2D eigenvalue weighted by Crippen LogP contribution is 2.22. The minimum Gasteiger partial charge on any atom is -0.385 e. The van der Waals surface area contributed by atoms with E-state index in [2.05, 4.69) is 20.3 Å². The van der Waals surface area contributed by atoms with Crippen molar-refractivity contribution in [3.8, 4) is 0 Å². The quantitative estimate of drug-likeness (QED) is 0.328. The van der Waals surface area contributed by atoms with Crippen LogP contribution in [0.3, 0.4) is 0 Å². The van der Waals surface area contributed by atoms with Gasteiger partial charge in [0, 0.05) is 32.8 Å². The number of hydrogen-bond donors (Lipinski definition) is 3. The van der Waals surface area contributed by atoms with Crippen LogP contribution in [0.1, 0.15) is 31.7 Å². The average molecular weight is 369 g/mol. The molecule has 1 fully saturated rings. The molecule has 3 N–H and O–H groups in total. The van der Waals surface area contributed by atoms with Crippen molar-refractivity contribution in [1.82, 2.24) is 15.4 Å². The van der Waals surface area contributed by atoms with Crippen LogP contribution in [0.25, 0.3) is 0 Å². The molecule has 0 heterocycles. The maximum Gasteiger partial charge on any atom is 0.240 e. The van der Waals surface area contributed by atoms with Gasteiger partial charge in [0.25, 0.3) is 0 Å². The normalized spacial score (nSPS) is 15.2. The van der Waals surface area contributed by atoms with E-state index in [0.29, 0.717) is 18.0 Å². The van der Waals surface area contributed by atoms with E-state index in [1.807, 2.05) is 6.92 Å². The molecule has 2 rings (SSSR count). The van der Waals surface area contributed by atoms with Gasteiger partial charge in [-0.25, -0.2) is 18.1 Å². The molecule has 0 atom stereocenters. The topological polar surface area (TPSA) is 91.8 Å². The highest BCUT2D eigenvalue weighted by Gasteiger charge is 2.27. The minimum absolute atomic E-state index is 0.112. The van der Waals surface area contributed by atoms with Crippen molar-refractivity contribution in [3.63, 3.8) is 0 Å². The summed E-state index contributed by atoms with van der Waals surface area (Å²) in [5.41, 5.74) is 0.958. The Kier molecular flexibility index (Phi) is 7.67. The Labute approximate surface area is 150 Å². The SMILES string of the molecule is CCNC(=NCc1ccc(S(=O)(=O)NC2CC2)cc1)NCCCOC. The number of nitrogens with one attached hydrogen (secondary N) is 3. The predicted molar refractivity (Wildman–Crippen MR) is 99.1 cm³/mol. The Hall–Kier alpha value is -1.64. The smallest absolute Gasteiger partial charge is 0.240 e. The molecular weight excluding hydrogens is 340 g/mol. The van der Waals surface area contributed by atoms with Crippen molar-refractivity contribution >= 4 is 16.0 Å². The van der Waals surface area contributed by atoms with E-state index in [1.54, 1.807) is 31.4 Å². The van der Waals surface area contributed by atoms with Crippen LogP contribution < -0.4 is 15.4 Å². The summed E-state index contributed by atoms with van der Waals surface area (Å²) in [5, 5.41) is 6.43. The fourth-order valence-electron chi connectivity index (χ4n) is 2.20. The molecule has 0 aromatic heterocycles. The standard InChI is InChI=1S/C17H28N4O3S/c1-3-18-17(19-11-4-12-24-2)20-13-14-5-9-16(10-6-14)25(22,23)21-15-7-8-15/h5-6,9-10,15,21H,3-4,7-8,11-13H2,1-2H3,(H2,18,19,20). The van der Waals surface area contributed by atoms with Crippen LogP contribution in [0.2, 0.25) is 0 Å². The highest BCUT2D eigenvalue weighted by molar-refractivity contribution is 7.89. The Bertz CT molecular complexity index is 655. The second-order valence-electron chi connectivity index (χ2n) is 6.01. The van der Waals surface area contributed by atoms with E-state index in [4.69, 9.17) is 4.74 Å². The van der Waals surface area contributed by atoms with Crippen molar-refractivity contribution in [1.29, 1.82) is 0 Å². The molecule has 0 aliphatic heterocycles. The molecule has 0 saturated heterocycles. The molecule has 7 nitrogen and oxygen atoms in total. The number of guanidine groups is 1. The molecule has 1 aromatic rings.